The molecule has 0 unspecified atom stereocenters. The minimum atomic E-state index is -0.303. The van der Waals surface area contributed by atoms with Crippen molar-refractivity contribution in [2.24, 2.45) is 0 Å². The zero-order valence-corrected chi connectivity index (χ0v) is 10.1. The van der Waals surface area contributed by atoms with Crippen LogP contribution in [0.2, 0.25) is 5.02 Å². The van der Waals surface area contributed by atoms with Crippen molar-refractivity contribution in [2.75, 3.05) is 19.3 Å². The largest absolute Gasteiger partial charge is 0.399 e. The second-order valence-corrected chi connectivity index (χ2v) is 4.38. The summed E-state index contributed by atoms with van der Waals surface area (Å²) in [5, 5.41) is 0.458. The fraction of sp³-hybridized carbons (Fsp3) is 0.273. The van der Waals surface area contributed by atoms with Crippen molar-refractivity contribution in [1.29, 1.82) is 0 Å². The standard InChI is InChI=1S/C11H12ClN3O2/c1-14-6-10(16)15(11(14)17)5-7-2-3-8(13)4-9(7)12/h2-4H,5-6,13H2,1H3. The van der Waals surface area contributed by atoms with Gasteiger partial charge in [0.25, 0.3) is 5.91 Å². The van der Waals surface area contributed by atoms with E-state index in [0.717, 1.165) is 0 Å². The third-order valence-electron chi connectivity index (χ3n) is 2.64. The van der Waals surface area contributed by atoms with Gasteiger partial charge in [-0.2, -0.15) is 0 Å². The quantitative estimate of drug-likeness (QED) is 0.638. The molecule has 1 aliphatic rings. The van der Waals surface area contributed by atoms with E-state index < -0.39 is 0 Å². The lowest BCUT2D eigenvalue weighted by atomic mass is 10.2. The topological polar surface area (TPSA) is 66.6 Å². The Balaban J connectivity index is 2.21. The summed E-state index contributed by atoms with van der Waals surface area (Å²) in [6.45, 7) is 0.298. The highest BCUT2D eigenvalue weighted by Gasteiger charge is 2.33. The van der Waals surface area contributed by atoms with Crippen LogP contribution in [-0.2, 0) is 11.3 Å². The Morgan fingerprint density at radius 2 is 2.12 bits per heavy atom. The first-order valence-corrected chi connectivity index (χ1v) is 5.46. The van der Waals surface area contributed by atoms with E-state index in [-0.39, 0.29) is 25.0 Å². The second kappa shape index (κ2) is 4.25. The van der Waals surface area contributed by atoms with Crippen LogP contribution < -0.4 is 5.73 Å². The number of nitrogen functional groups attached to an aromatic ring is 1. The molecule has 1 aliphatic heterocycles. The molecule has 17 heavy (non-hydrogen) atoms. The van der Waals surface area contributed by atoms with Crippen LogP contribution in [0, 0.1) is 0 Å². The number of likely N-dealkylation sites (N-methyl/N-ethyl adjacent to an activating group) is 1. The predicted molar refractivity (Wildman–Crippen MR) is 64.4 cm³/mol. The minimum absolute atomic E-state index is 0.116. The maximum atomic E-state index is 11.7. The molecule has 5 nitrogen and oxygen atoms in total. The number of hydrogen-bond donors (Lipinski definition) is 1. The van der Waals surface area contributed by atoms with Gasteiger partial charge in [0, 0.05) is 17.8 Å². The van der Waals surface area contributed by atoms with Crippen molar-refractivity contribution in [3.63, 3.8) is 0 Å². The van der Waals surface area contributed by atoms with Gasteiger partial charge >= 0.3 is 6.03 Å². The number of anilines is 1. The number of urea groups is 1. The molecule has 1 aromatic carbocycles. The number of hydrogen-bond acceptors (Lipinski definition) is 3. The average molecular weight is 254 g/mol. The van der Waals surface area contributed by atoms with E-state index in [1.165, 1.54) is 9.80 Å². The van der Waals surface area contributed by atoms with Crippen LogP contribution >= 0.6 is 11.6 Å². The van der Waals surface area contributed by atoms with Gasteiger partial charge in [0.05, 0.1) is 6.54 Å². The van der Waals surface area contributed by atoms with Crippen LogP contribution in [0.25, 0.3) is 0 Å². The van der Waals surface area contributed by atoms with Gasteiger partial charge in [-0.1, -0.05) is 17.7 Å². The van der Waals surface area contributed by atoms with E-state index in [1.54, 1.807) is 25.2 Å². The summed E-state index contributed by atoms with van der Waals surface area (Å²) in [7, 11) is 1.59. The SMILES string of the molecule is CN1CC(=O)N(Cc2ccc(N)cc2Cl)C1=O. The number of rotatable bonds is 2. The molecule has 0 bridgehead atoms. The van der Waals surface area contributed by atoms with Crippen molar-refractivity contribution < 1.29 is 9.59 Å². The van der Waals surface area contributed by atoms with Crippen LogP contribution in [-0.4, -0.2) is 35.3 Å². The molecule has 0 atom stereocenters. The Kier molecular flexibility index (Phi) is 2.93. The van der Waals surface area contributed by atoms with Crippen LogP contribution in [0.5, 0.6) is 0 Å². The number of imide groups is 1. The van der Waals surface area contributed by atoms with Gasteiger partial charge < -0.3 is 10.6 Å². The van der Waals surface area contributed by atoms with E-state index in [9.17, 15) is 9.59 Å². The van der Waals surface area contributed by atoms with Crippen molar-refractivity contribution in [1.82, 2.24) is 9.80 Å². The van der Waals surface area contributed by atoms with Crippen molar-refractivity contribution >= 4 is 29.2 Å². The summed E-state index contributed by atoms with van der Waals surface area (Å²) in [6, 6.07) is 4.71. The lowest BCUT2D eigenvalue weighted by Gasteiger charge is -2.15. The summed E-state index contributed by atoms with van der Waals surface area (Å²) in [5.74, 6) is -0.217. The Morgan fingerprint density at radius 1 is 1.41 bits per heavy atom. The van der Waals surface area contributed by atoms with Gasteiger partial charge in [0.2, 0.25) is 0 Å². The van der Waals surface area contributed by atoms with Crippen molar-refractivity contribution in [3.05, 3.63) is 28.8 Å². The normalized spacial score (nSPS) is 15.9. The molecular weight excluding hydrogens is 242 g/mol. The monoisotopic (exact) mass is 253 g/mol. The summed E-state index contributed by atoms with van der Waals surface area (Å²) < 4.78 is 0. The molecule has 1 aromatic rings. The van der Waals surface area contributed by atoms with E-state index in [0.29, 0.717) is 16.3 Å². The number of nitrogens with zero attached hydrogens (tertiary/aromatic N) is 2. The van der Waals surface area contributed by atoms with Gasteiger partial charge in [-0.25, -0.2) is 4.79 Å². The first-order valence-electron chi connectivity index (χ1n) is 5.08. The summed E-state index contributed by atoms with van der Waals surface area (Å²) in [4.78, 5) is 25.8. The van der Waals surface area contributed by atoms with E-state index >= 15 is 0 Å². The Morgan fingerprint density at radius 3 is 2.65 bits per heavy atom. The average Bonchev–Trinajstić information content (AvgIpc) is 2.48. The smallest absolute Gasteiger partial charge is 0.327 e. The molecule has 0 radical (unpaired) electrons. The Labute approximate surface area is 104 Å². The van der Waals surface area contributed by atoms with E-state index in [1.807, 2.05) is 0 Å². The summed E-state index contributed by atoms with van der Waals surface area (Å²) in [6.07, 6.45) is 0. The van der Waals surface area contributed by atoms with Crippen LogP contribution in [0.3, 0.4) is 0 Å². The van der Waals surface area contributed by atoms with Crippen LogP contribution in [0.4, 0.5) is 10.5 Å². The number of carbonyl (C=O) groups excluding carboxylic acids is 2. The van der Waals surface area contributed by atoms with Crippen LogP contribution in [0.1, 0.15) is 5.56 Å². The Hall–Kier alpha value is -1.75. The molecule has 0 aromatic heterocycles. The van der Waals surface area contributed by atoms with Gasteiger partial charge in [0.1, 0.15) is 6.54 Å². The molecule has 0 spiro atoms. The minimum Gasteiger partial charge on any atom is -0.399 e. The fourth-order valence-electron chi connectivity index (χ4n) is 1.69. The number of nitrogens with two attached hydrogens (primary N) is 1. The third kappa shape index (κ3) is 2.19. The molecule has 2 rings (SSSR count). The molecule has 0 saturated carbocycles. The number of benzene rings is 1. The van der Waals surface area contributed by atoms with Gasteiger partial charge in [-0.15, -0.1) is 0 Å². The van der Waals surface area contributed by atoms with Gasteiger partial charge in [-0.05, 0) is 17.7 Å². The molecule has 1 heterocycles. The lowest BCUT2D eigenvalue weighted by molar-refractivity contribution is -0.125. The lowest BCUT2D eigenvalue weighted by Crippen LogP contribution is -2.31. The first-order chi connectivity index (χ1) is 7.99. The second-order valence-electron chi connectivity index (χ2n) is 3.97. The zero-order chi connectivity index (χ0) is 12.6. The predicted octanol–water partition coefficient (Wildman–Crippen LogP) is 1.32. The molecular formula is C11H12ClN3O2. The third-order valence-corrected chi connectivity index (χ3v) is 2.99. The molecule has 90 valence electrons. The highest BCUT2D eigenvalue weighted by Crippen LogP contribution is 2.22. The molecule has 6 heteroatoms. The van der Waals surface area contributed by atoms with Crippen molar-refractivity contribution in [2.45, 2.75) is 6.54 Å². The molecule has 3 amide bonds. The van der Waals surface area contributed by atoms with Crippen LogP contribution in [0.15, 0.2) is 18.2 Å². The fourth-order valence-corrected chi connectivity index (χ4v) is 1.94. The molecule has 1 saturated heterocycles. The molecule has 0 aliphatic carbocycles. The maximum absolute atomic E-state index is 11.7. The number of carbonyl (C=O) groups is 2. The van der Waals surface area contributed by atoms with E-state index in [2.05, 4.69) is 0 Å². The van der Waals surface area contributed by atoms with Crippen molar-refractivity contribution in [3.8, 4) is 0 Å². The number of halogens is 1. The number of amides is 3. The summed E-state index contributed by atoms with van der Waals surface area (Å²) in [5.41, 5.74) is 6.83. The highest BCUT2D eigenvalue weighted by atomic mass is 35.5. The molecule has 2 N–H and O–H groups in total. The van der Waals surface area contributed by atoms with Gasteiger partial charge in [0.15, 0.2) is 0 Å². The first kappa shape index (κ1) is 11.7. The Bertz CT molecular complexity index is 490. The van der Waals surface area contributed by atoms with E-state index in [4.69, 9.17) is 17.3 Å². The molecule has 1 fully saturated rings. The maximum Gasteiger partial charge on any atom is 0.327 e. The highest BCUT2D eigenvalue weighted by molar-refractivity contribution is 6.31. The van der Waals surface area contributed by atoms with Gasteiger partial charge in [-0.3, -0.25) is 9.69 Å². The summed E-state index contributed by atoms with van der Waals surface area (Å²) >= 11 is 6.00. The zero-order valence-electron chi connectivity index (χ0n) is 9.31.